The van der Waals surface area contributed by atoms with Gasteiger partial charge in [0.25, 0.3) is 0 Å². The van der Waals surface area contributed by atoms with Gasteiger partial charge in [-0.3, -0.25) is 0 Å². The van der Waals surface area contributed by atoms with Crippen LogP contribution in [0.15, 0.2) is 150 Å². The zero-order valence-electron chi connectivity index (χ0n) is 36.0. The number of rotatable bonds is 3. The van der Waals surface area contributed by atoms with Gasteiger partial charge in [-0.2, -0.15) is 0 Å². The molecule has 0 saturated heterocycles. The van der Waals surface area contributed by atoms with Crippen molar-refractivity contribution >= 4 is 43.5 Å². The summed E-state index contributed by atoms with van der Waals surface area (Å²) < 4.78 is 148. The SMILES string of the molecule is [2H]c1cc([2H])c(-c2c([2H])c([2H])c([2H])c([2H])c2-c2c3c([2H])c([2H])c([2H])c([2H])c3c(-c3ccc4oc5ccccc5c4c3)c3c([2H])c([2H])c([2H])c([2H])c23)c([2H])c1[2H]. The van der Waals surface area contributed by atoms with E-state index in [4.69, 9.17) is 19.5 Å². The third kappa shape index (κ3) is 3.41. The van der Waals surface area contributed by atoms with Crippen molar-refractivity contribution in [2.24, 2.45) is 0 Å². The lowest BCUT2D eigenvalue weighted by atomic mass is 9.83. The molecule has 0 unspecified atom stereocenters. The number of furan rings is 1. The topological polar surface area (TPSA) is 13.1 Å². The van der Waals surface area contributed by atoms with Crippen LogP contribution in [-0.4, -0.2) is 0 Å². The summed E-state index contributed by atoms with van der Waals surface area (Å²) in [6, 6.07) is 2.05. The number of hydrogen-bond donors (Lipinski definition) is 0. The zero-order chi connectivity index (χ0) is 39.7. The molecule has 182 valence electrons. The van der Waals surface area contributed by atoms with E-state index in [1.165, 1.54) is 0 Å². The van der Waals surface area contributed by atoms with Gasteiger partial charge in [0.2, 0.25) is 0 Å². The molecule has 0 aliphatic rings. The van der Waals surface area contributed by atoms with Crippen molar-refractivity contribution in [2.45, 2.75) is 0 Å². The molecule has 0 amide bonds. The first-order valence-corrected chi connectivity index (χ1v) is 12.1. The molecule has 0 N–H and O–H groups in total. The van der Waals surface area contributed by atoms with Crippen molar-refractivity contribution in [3.63, 3.8) is 0 Å². The molecule has 0 saturated carbocycles. The van der Waals surface area contributed by atoms with E-state index in [0.29, 0.717) is 21.9 Å². The summed E-state index contributed by atoms with van der Waals surface area (Å²) in [4.78, 5) is 0. The summed E-state index contributed by atoms with van der Waals surface area (Å²) in [5.41, 5.74) is -0.597. The molecule has 8 aromatic rings. The molecule has 1 heteroatoms. The van der Waals surface area contributed by atoms with Gasteiger partial charge in [0, 0.05) is 10.8 Å². The Morgan fingerprint density at radius 2 is 1.03 bits per heavy atom. The Labute approximate surface area is 249 Å². The summed E-state index contributed by atoms with van der Waals surface area (Å²) in [6.07, 6.45) is 0. The van der Waals surface area contributed by atoms with E-state index in [-0.39, 0.29) is 32.7 Å². The molecule has 1 aromatic heterocycles. The van der Waals surface area contributed by atoms with Crippen LogP contribution in [0.5, 0.6) is 0 Å². The number of fused-ring (bicyclic) bond motifs is 5. The van der Waals surface area contributed by atoms with E-state index in [0.717, 1.165) is 6.07 Å². The minimum Gasteiger partial charge on any atom is -0.456 e. The molecule has 0 radical (unpaired) electrons. The van der Waals surface area contributed by atoms with Gasteiger partial charge in [0.1, 0.15) is 11.2 Å². The average Bonchev–Trinajstić information content (AvgIpc) is 3.55. The highest BCUT2D eigenvalue weighted by Gasteiger charge is 2.19. The second-order valence-electron chi connectivity index (χ2n) is 8.87. The van der Waals surface area contributed by atoms with Crippen LogP contribution in [0.4, 0.5) is 0 Å². The van der Waals surface area contributed by atoms with Gasteiger partial charge in [-0.15, -0.1) is 0 Å². The Hall–Kier alpha value is -5.14. The molecule has 1 heterocycles. The van der Waals surface area contributed by atoms with Crippen LogP contribution in [0.25, 0.3) is 76.9 Å². The summed E-state index contributed by atoms with van der Waals surface area (Å²) in [5, 5.41) is 0.192. The first kappa shape index (κ1) is 11.3. The molecule has 0 aliphatic carbocycles. The van der Waals surface area contributed by atoms with Crippen LogP contribution >= 0.6 is 0 Å². The molecule has 0 spiro atoms. The quantitative estimate of drug-likeness (QED) is 0.215. The van der Waals surface area contributed by atoms with Crippen LogP contribution in [0.1, 0.15) is 21.9 Å². The van der Waals surface area contributed by atoms with Crippen molar-refractivity contribution in [1.29, 1.82) is 0 Å². The van der Waals surface area contributed by atoms with Gasteiger partial charge in [-0.05, 0) is 73.1 Å². The van der Waals surface area contributed by atoms with Gasteiger partial charge in [0.15, 0.2) is 0 Å². The Balaban J connectivity index is 1.72. The highest BCUT2D eigenvalue weighted by Crippen LogP contribution is 2.46. The molecule has 0 atom stereocenters. The van der Waals surface area contributed by atoms with Gasteiger partial charge in [0.05, 0.1) is 21.9 Å². The van der Waals surface area contributed by atoms with Crippen molar-refractivity contribution < 1.29 is 26.3 Å². The van der Waals surface area contributed by atoms with Gasteiger partial charge in [-0.1, -0.05) is 127 Å². The number of benzene rings is 7. The maximum Gasteiger partial charge on any atom is 0.135 e. The molecule has 0 bridgehead atoms. The van der Waals surface area contributed by atoms with E-state index in [2.05, 4.69) is 0 Å². The van der Waals surface area contributed by atoms with Gasteiger partial charge in [-0.25, -0.2) is 0 Å². The third-order valence-corrected chi connectivity index (χ3v) is 6.78. The molecule has 0 fully saturated rings. The van der Waals surface area contributed by atoms with E-state index < -0.39 is 119 Å². The fraction of sp³-hybridized carbons (Fsp3) is 0. The highest BCUT2D eigenvalue weighted by atomic mass is 16.3. The van der Waals surface area contributed by atoms with Crippen molar-refractivity contribution in [1.82, 2.24) is 0 Å². The summed E-state index contributed by atoms with van der Waals surface area (Å²) in [5.74, 6) is 0. The van der Waals surface area contributed by atoms with Gasteiger partial charge < -0.3 is 4.42 Å². The molecular weight excluding hydrogens is 472 g/mol. The minimum absolute atomic E-state index is 0.00307. The summed E-state index contributed by atoms with van der Waals surface area (Å²) in [6.45, 7) is 0. The normalized spacial score (nSPS) is 17.3. The van der Waals surface area contributed by atoms with E-state index in [1.54, 1.807) is 30.3 Å². The Bertz CT molecular complexity index is 2980. The lowest BCUT2D eigenvalue weighted by Crippen LogP contribution is -1.92. The second-order valence-corrected chi connectivity index (χ2v) is 8.87. The highest BCUT2D eigenvalue weighted by molar-refractivity contribution is 6.23. The lowest BCUT2D eigenvalue weighted by Gasteiger charge is -2.19. The second kappa shape index (κ2) is 8.72. The molecular formula is C38H24O. The van der Waals surface area contributed by atoms with Gasteiger partial charge >= 0.3 is 0 Å². The Morgan fingerprint density at radius 1 is 0.410 bits per heavy atom. The summed E-state index contributed by atoms with van der Waals surface area (Å²) >= 11 is 0. The first-order chi connectivity index (χ1) is 26.0. The molecule has 7 aromatic carbocycles. The largest absolute Gasteiger partial charge is 0.456 e. The maximum absolute atomic E-state index is 9.31. The van der Waals surface area contributed by atoms with Crippen LogP contribution in [0, 0.1) is 0 Å². The standard InChI is InChI=1S/C38H24O/c1-2-12-25(13-3-1)27-14-4-5-16-29(27)38-32-19-8-6-17-30(32)37(31-18-7-9-20-33(31)38)26-22-23-36-34(24-26)28-15-10-11-21-35(28)39-36/h1-24H/i1D,2D,4D,5D,6D,7D,8D,9D,12D,13D,14D,16D,17D,18D,19D,20D. The van der Waals surface area contributed by atoms with E-state index in [9.17, 15) is 6.85 Å². The van der Waals surface area contributed by atoms with Crippen molar-refractivity contribution in [3.05, 3.63) is 145 Å². The molecule has 8 rings (SSSR count). The fourth-order valence-corrected chi connectivity index (χ4v) is 5.15. The predicted molar refractivity (Wildman–Crippen MR) is 165 cm³/mol. The Kier molecular flexibility index (Phi) is 2.53. The smallest absolute Gasteiger partial charge is 0.135 e. The van der Waals surface area contributed by atoms with Crippen LogP contribution in [0.3, 0.4) is 0 Å². The van der Waals surface area contributed by atoms with Crippen molar-refractivity contribution in [2.75, 3.05) is 0 Å². The monoisotopic (exact) mass is 512 g/mol. The Morgan fingerprint density at radius 3 is 1.79 bits per heavy atom. The number of para-hydroxylation sites is 1. The summed E-state index contributed by atoms with van der Waals surface area (Å²) in [7, 11) is 0. The van der Waals surface area contributed by atoms with E-state index in [1.807, 2.05) is 12.1 Å². The molecule has 0 aliphatic heterocycles. The molecule has 39 heavy (non-hydrogen) atoms. The predicted octanol–water partition coefficient (Wildman–Crippen LogP) is 10.9. The van der Waals surface area contributed by atoms with E-state index >= 15 is 0 Å². The zero-order valence-corrected chi connectivity index (χ0v) is 20.0. The minimum atomic E-state index is -0.811. The fourth-order valence-electron chi connectivity index (χ4n) is 5.15. The number of hydrogen-bond acceptors (Lipinski definition) is 1. The van der Waals surface area contributed by atoms with Crippen LogP contribution in [-0.2, 0) is 0 Å². The van der Waals surface area contributed by atoms with Crippen LogP contribution < -0.4 is 0 Å². The lowest BCUT2D eigenvalue weighted by molar-refractivity contribution is 0.669. The first-order valence-electron chi connectivity index (χ1n) is 20.1. The maximum atomic E-state index is 9.31. The average molecular weight is 513 g/mol. The third-order valence-electron chi connectivity index (χ3n) is 6.78. The molecule has 1 nitrogen and oxygen atoms in total. The van der Waals surface area contributed by atoms with Crippen LogP contribution in [0.2, 0.25) is 0 Å². The van der Waals surface area contributed by atoms with Crippen molar-refractivity contribution in [3.8, 4) is 33.4 Å².